The van der Waals surface area contributed by atoms with Crippen molar-refractivity contribution < 1.29 is 34.2 Å². The molecule has 1 rings (SSSR count). The van der Waals surface area contributed by atoms with E-state index in [1.54, 1.807) is 44.2 Å². The predicted molar refractivity (Wildman–Crippen MR) is 127 cm³/mol. The molecule has 1 aromatic rings. The third-order valence-corrected chi connectivity index (χ3v) is 5.60. The van der Waals surface area contributed by atoms with E-state index in [2.05, 4.69) is 28.6 Å². The van der Waals surface area contributed by atoms with E-state index in [0.29, 0.717) is 12.0 Å². The zero-order chi connectivity index (χ0) is 25.8. The van der Waals surface area contributed by atoms with Gasteiger partial charge in [-0.1, -0.05) is 50.6 Å². The average Bonchev–Trinajstić information content (AvgIpc) is 2.79. The summed E-state index contributed by atoms with van der Waals surface area (Å²) in [6.45, 7) is 3.49. The van der Waals surface area contributed by atoms with Gasteiger partial charge in [0.15, 0.2) is 0 Å². The van der Waals surface area contributed by atoms with Gasteiger partial charge in [-0.15, -0.1) is 0 Å². The molecule has 0 aromatic heterocycles. The molecule has 0 radical (unpaired) electrons. The van der Waals surface area contributed by atoms with Gasteiger partial charge < -0.3 is 31.9 Å². The first-order chi connectivity index (χ1) is 16.0. The summed E-state index contributed by atoms with van der Waals surface area (Å²) in [5.74, 6) is -5.28. The van der Waals surface area contributed by atoms with Gasteiger partial charge >= 0.3 is 11.9 Å². The number of nitrogens with two attached hydrogens (primary N) is 1. The first-order valence-electron chi connectivity index (χ1n) is 10.8. The minimum Gasteiger partial charge on any atom is -0.481 e. The number of hydrogen-bond acceptors (Lipinski definition) is 7. The highest BCUT2D eigenvalue weighted by atomic mass is 32.1. The fraction of sp³-hybridized carbons (Fsp3) is 0.500. The highest BCUT2D eigenvalue weighted by molar-refractivity contribution is 7.80. The Hall–Kier alpha value is -3.12. The lowest BCUT2D eigenvalue weighted by Crippen LogP contribution is -2.58. The van der Waals surface area contributed by atoms with Gasteiger partial charge in [-0.05, 0) is 11.5 Å². The second-order valence-electron chi connectivity index (χ2n) is 7.91. The van der Waals surface area contributed by atoms with Crippen molar-refractivity contribution in [3.05, 3.63) is 35.9 Å². The van der Waals surface area contributed by atoms with Crippen molar-refractivity contribution in [2.45, 2.75) is 57.3 Å². The normalized spacial score (nSPS) is 15.2. The van der Waals surface area contributed by atoms with Crippen LogP contribution in [0, 0.1) is 5.92 Å². The highest BCUT2D eigenvalue weighted by Crippen LogP contribution is 2.10. The van der Waals surface area contributed by atoms with Crippen LogP contribution in [0.15, 0.2) is 30.3 Å². The number of carboxylic acids is 2. The van der Waals surface area contributed by atoms with E-state index in [0.717, 1.165) is 0 Å². The Morgan fingerprint density at radius 2 is 1.50 bits per heavy atom. The molecule has 3 amide bonds. The minimum atomic E-state index is -1.37. The van der Waals surface area contributed by atoms with E-state index in [9.17, 15) is 29.1 Å². The van der Waals surface area contributed by atoms with Gasteiger partial charge in [0.05, 0.1) is 12.5 Å². The van der Waals surface area contributed by atoms with Crippen LogP contribution in [0.3, 0.4) is 0 Å². The molecule has 34 heavy (non-hydrogen) atoms. The summed E-state index contributed by atoms with van der Waals surface area (Å²) in [6.07, 6.45) is -0.0493. The zero-order valence-corrected chi connectivity index (χ0v) is 20.0. The molecule has 11 nitrogen and oxygen atoms in total. The second kappa shape index (κ2) is 14.2. The summed E-state index contributed by atoms with van der Waals surface area (Å²) in [4.78, 5) is 60.4. The lowest BCUT2D eigenvalue weighted by Gasteiger charge is -2.26. The fourth-order valence-electron chi connectivity index (χ4n) is 3.02. The van der Waals surface area contributed by atoms with Crippen LogP contribution in [-0.4, -0.2) is 69.8 Å². The molecule has 5 unspecified atom stereocenters. The van der Waals surface area contributed by atoms with Crippen molar-refractivity contribution in [2.75, 3.05) is 5.75 Å². The summed E-state index contributed by atoms with van der Waals surface area (Å²) in [5.41, 5.74) is 6.24. The van der Waals surface area contributed by atoms with Gasteiger partial charge in [0.1, 0.15) is 18.1 Å². The van der Waals surface area contributed by atoms with Gasteiger partial charge in [-0.25, -0.2) is 4.79 Å². The van der Waals surface area contributed by atoms with E-state index < -0.39 is 60.2 Å². The first-order valence-corrected chi connectivity index (χ1v) is 11.4. The van der Waals surface area contributed by atoms with Gasteiger partial charge in [0, 0.05) is 12.2 Å². The van der Waals surface area contributed by atoms with E-state index in [-0.39, 0.29) is 18.1 Å². The number of amides is 3. The number of thiol groups is 1. The number of nitrogens with one attached hydrogen (secondary N) is 3. The molecule has 12 heteroatoms. The fourth-order valence-corrected chi connectivity index (χ4v) is 3.28. The minimum absolute atomic E-state index is 0.0665. The van der Waals surface area contributed by atoms with Crippen LogP contribution in [-0.2, 0) is 30.4 Å². The van der Waals surface area contributed by atoms with Crippen LogP contribution < -0.4 is 21.7 Å². The lowest BCUT2D eigenvalue weighted by molar-refractivity contribution is -0.143. The quantitative estimate of drug-likeness (QED) is 0.169. The molecule has 0 aliphatic rings. The third kappa shape index (κ3) is 9.40. The number of rotatable bonds is 14. The second-order valence-corrected chi connectivity index (χ2v) is 8.27. The molecule has 0 heterocycles. The summed E-state index contributed by atoms with van der Waals surface area (Å²) in [5, 5.41) is 25.6. The van der Waals surface area contributed by atoms with Crippen molar-refractivity contribution in [1.82, 2.24) is 16.0 Å². The number of hydrogen-bond donors (Lipinski definition) is 7. The van der Waals surface area contributed by atoms with Crippen LogP contribution in [0.4, 0.5) is 0 Å². The van der Waals surface area contributed by atoms with Gasteiger partial charge in [0.25, 0.3) is 0 Å². The molecule has 0 fully saturated rings. The summed E-state index contributed by atoms with van der Waals surface area (Å²) < 4.78 is 0. The number of benzene rings is 1. The monoisotopic (exact) mass is 496 g/mol. The van der Waals surface area contributed by atoms with Crippen LogP contribution in [0.25, 0.3) is 0 Å². The number of carbonyl (C=O) groups excluding carboxylic acids is 3. The molecule has 0 saturated heterocycles. The van der Waals surface area contributed by atoms with Crippen LogP contribution in [0.1, 0.15) is 32.3 Å². The molecular formula is C22H32N4O7S. The molecule has 1 aromatic carbocycles. The topological polar surface area (TPSA) is 188 Å². The van der Waals surface area contributed by atoms with Gasteiger partial charge in [0.2, 0.25) is 17.7 Å². The van der Waals surface area contributed by atoms with Crippen molar-refractivity contribution >= 4 is 42.3 Å². The van der Waals surface area contributed by atoms with Crippen molar-refractivity contribution in [2.24, 2.45) is 11.7 Å². The maximum absolute atomic E-state index is 13.0. The van der Waals surface area contributed by atoms with Crippen molar-refractivity contribution in [3.8, 4) is 0 Å². The molecular weight excluding hydrogens is 464 g/mol. The molecule has 0 bridgehead atoms. The number of carboxylic acid groups (broad SMARTS) is 2. The summed E-state index contributed by atoms with van der Waals surface area (Å²) >= 11 is 4.05. The van der Waals surface area contributed by atoms with Gasteiger partial charge in [-0.2, -0.15) is 12.6 Å². The maximum Gasteiger partial charge on any atom is 0.326 e. The lowest BCUT2D eigenvalue weighted by atomic mass is 9.98. The maximum atomic E-state index is 13.0. The van der Waals surface area contributed by atoms with Crippen molar-refractivity contribution in [3.63, 3.8) is 0 Å². The Kier molecular flexibility index (Phi) is 12.1. The van der Waals surface area contributed by atoms with E-state index in [4.69, 9.17) is 10.8 Å². The van der Waals surface area contributed by atoms with Crippen LogP contribution in [0.2, 0.25) is 0 Å². The highest BCUT2D eigenvalue weighted by Gasteiger charge is 2.32. The Bertz CT molecular complexity index is 868. The smallest absolute Gasteiger partial charge is 0.326 e. The predicted octanol–water partition coefficient (Wildman–Crippen LogP) is -0.454. The summed E-state index contributed by atoms with van der Waals surface area (Å²) in [6, 6.07) is 3.92. The average molecular weight is 497 g/mol. The standard InChI is InChI=1S/C22H32N4O7S/c1-3-12(2)18(22(32)33)26-20(30)15(9-13-7-5-4-6-8-13)24-21(31)16(11-34)25-19(29)14(23)10-17(27)28/h4-8,12,14-16,18,34H,3,9-11,23H2,1-2H3,(H,24,31)(H,25,29)(H,26,30)(H,27,28)(H,32,33). The molecule has 188 valence electrons. The van der Waals surface area contributed by atoms with Crippen molar-refractivity contribution in [1.29, 1.82) is 0 Å². The molecule has 0 saturated carbocycles. The Balaban J connectivity index is 3.03. The first kappa shape index (κ1) is 28.9. The van der Waals surface area contributed by atoms with E-state index >= 15 is 0 Å². The molecule has 0 aliphatic carbocycles. The largest absolute Gasteiger partial charge is 0.481 e. The summed E-state index contributed by atoms with van der Waals surface area (Å²) in [7, 11) is 0. The SMILES string of the molecule is CCC(C)C(NC(=O)C(Cc1ccccc1)NC(=O)C(CS)NC(=O)C(N)CC(=O)O)C(=O)O. The third-order valence-electron chi connectivity index (χ3n) is 5.24. The van der Waals surface area contributed by atoms with E-state index in [1.807, 2.05) is 0 Å². The van der Waals surface area contributed by atoms with Gasteiger partial charge in [-0.3, -0.25) is 19.2 Å². The Morgan fingerprint density at radius 3 is 2.00 bits per heavy atom. The zero-order valence-electron chi connectivity index (χ0n) is 19.1. The molecule has 0 aliphatic heterocycles. The molecule has 0 spiro atoms. The number of aliphatic carboxylic acids is 2. The molecule has 5 atom stereocenters. The molecule has 7 N–H and O–H groups in total. The van der Waals surface area contributed by atoms with Crippen LogP contribution in [0.5, 0.6) is 0 Å². The van der Waals surface area contributed by atoms with Crippen LogP contribution >= 0.6 is 12.6 Å². The van der Waals surface area contributed by atoms with E-state index in [1.165, 1.54) is 0 Å². The number of carbonyl (C=O) groups is 5. The Labute approximate surface area is 203 Å². The Morgan fingerprint density at radius 1 is 0.941 bits per heavy atom.